The standard InChI is InChI=1S/C19H30N4O4/c1-14-4-6-19(7-5-14)17(25)23(18(26)20-19)13-21-8-10-22(11-9-21)16(24)15-3-2-12-27-15/h14-15H,2-13H2,1H3,(H,20,26). The summed E-state index contributed by atoms with van der Waals surface area (Å²) in [6.07, 6.45) is 4.90. The van der Waals surface area contributed by atoms with Crippen molar-refractivity contribution in [2.24, 2.45) is 5.92 Å². The molecule has 4 rings (SSSR count). The highest BCUT2D eigenvalue weighted by atomic mass is 16.5. The normalized spacial score (nSPS) is 35.1. The average molecular weight is 378 g/mol. The summed E-state index contributed by atoms with van der Waals surface area (Å²) in [6.45, 7) is 5.74. The number of nitrogens with zero attached hydrogens (tertiary/aromatic N) is 3. The van der Waals surface area contributed by atoms with Crippen molar-refractivity contribution < 1.29 is 19.1 Å². The van der Waals surface area contributed by atoms with Gasteiger partial charge < -0.3 is 15.0 Å². The van der Waals surface area contributed by atoms with Crippen molar-refractivity contribution >= 4 is 17.8 Å². The third kappa shape index (κ3) is 3.57. The third-order valence-corrected chi connectivity index (χ3v) is 6.60. The first kappa shape index (κ1) is 18.7. The molecular weight excluding hydrogens is 348 g/mol. The number of nitrogens with one attached hydrogen (secondary N) is 1. The SMILES string of the molecule is CC1CCC2(CC1)NC(=O)N(CN1CCN(C(=O)C3CCCO3)CC1)C2=O. The molecule has 0 aromatic heterocycles. The zero-order chi connectivity index (χ0) is 19.0. The highest BCUT2D eigenvalue weighted by Crippen LogP contribution is 2.36. The van der Waals surface area contributed by atoms with Crippen molar-refractivity contribution in [2.45, 2.75) is 57.1 Å². The summed E-state index contributed by atoms with van der Waals surface area (Å²) in [5.41, 5.74) is -0.679. The molecule has 0 aromatic rings. The Morgan fingerprint density at radius 2 is 1.85 bits per heavy atom. The number of carbonyl (C=O) groups excluding carboxylic acids is 3. The van der Waals surface area contributed by atoms with E-state index in [-0.39, 0.29) is 23.9 Å². The van der Waals surface area contributed by atoms with E-state index in [0.717, 1.165) is 38.5 Å². The molecule has 4 amide bonds. The van der Waals surface area contributed by atoms with Crippen molar-refractivity contribution in [3.8, 4) is 0 Å². The lowest BCUT2D eigenvalue weighted by Crippen LogP contribution is -2.54. The van der Waals surface area contributed by atoms with Gasteiger partial charge in [0.1, 0.15) is 11.6 Å². The number of hydrogen-bond acceptors (Lipinski definition) is 5. The Bertz CT molecular complexity index is 603. The molecule has 1 unspecified atom stereocenters. The number of piperazine rings is 1. The highest BCUT2D eigenvalue weighted by molar-refractivity contribution is 6.07. The maximum atomic E-state index is 13.0. The van der Waals surface area contributed by atoms with Crippen molar-refractivity contribution in [2.75, 3.05) is 39.5 Å². The first-order chi connectivity index (χ1) is 13.0. The van der Waals surface area contributed by atoms with E-state index in [1.165, 1.54) is 4.90 Å². The molecule has 8 nitrogen and oxygen atoms in total. The second kappa shape index (κ2) is 7.39. The van der Waals surface area contributed by atoms with Gasteiger partial charge in [-0.05, 0) is 44.4 Å². The number of rotatable bonds is 3. The van der Waals surface area contributed by atoms with Gasteiger partial charge in [0.25, 0.3) is 11.8 Å². The molecule has 0 radical (unpaired) electrons. The Labute approximate surface area is 160 Å². The number of carbonyl (C=O) groups is 3. The maximum Gasteiger partial charge on any atom is 0.326 e. The monoisotopic (exact) mass is 378 g/mol. The fourth-order valence-corrected chi connectivity index (χ4v) is 4.68. The molecule has 3 aliphatic heterocycles. The molecule has 0 bridgehead atoms. The molecule has 1 saturated carbocycles. The lowest BCUT2D eigenvalue weighted by molar-refractivity contribution is -0.143. The van der Waals surface area contributed by atoms with Crippen molar-refractivity contribution in [3.63, 3.8) is 0 Å². The maximum absolute atomic E-state index is 13.0. The highest BCUT2D eigenvalue weighted by Gasteiger charge is 2.52. The van der Waals surface area contributed by atoms with Crippen molar-refractivity contribution in [1.29, 1.82) is 0 Å². The zero-order valence-corrected chi connectivity index (χ0v) is 16.1. The van der Waals surface area contributed by atoms with Crippen LogP contribution in [0.5, 0.6) is 0 Å². The Balaban J connectivity index is 1.30. The minimum absolute atomic E-state index is 0.0720. The summed E-state index contributed by atoms with van der Waals surface area (Å²) in [6, 6.07) is -0.271. The molecule has 3 heterocycles. The summed E-state index contributed by atoms with van der Waals surface area (Å²) >= 11 is 0. The molecule has 8 heteroatoms. The Hall–Kier alpha value is -1.67. The van der Waals surface area contributed by atoms with Gasteiger partial charge in [-0.25, -0.2) is 9.69 Å². The molecule has 1 N–H and O–H groups in total. The van der Waals surface area contributed by atoms with Gasteiger partial charge >= 0.3 is 6.03 Å². The smallest absolute Gasteiger partial charge is 0.326 e. The van der Waals surface area contributed by atoms with Gasteiger partial charge in [-0.2, -0.15) is 0 Å². The fraction of sp³-hybridized carbons (Fsp3) is 0.842. The third-order valence-electron chi connectivity index (χ3n) is 6.60. The first-order valence-corrected chi connectivity index (χ1v) is 10.3. The van der Waals surface area contributed by atoms with E-state index >= 15 is 0 Å². The molecule has 0 aromatic carbocycles. The predicted molar refractivity (Wildman–Crippen MR) is 97.7 cm³/mol. The summed E-state index contributed by atoms with van der Waals surface area (Å²) in [4.78, 5) is 43.1. The topological polar surface area (TPSA) is 82.2 Å². The van der Waals surface area contributed by atoms with Crippen LogP contribution in [0.2, 0.25) is 0 Å². The fourth-order valence-electron chi connectivity index (χ4n) is 4.68. The van der Waals surface area contributed by atoms with Gasteiger partial charge in [0, 0.05) is 32.8 Å². The van der Waals surface area contributed by atoms with Gasteiger partial charge in [-0.1, -0.05) is 6.92 Å². The lowest BCUT2D eigenvalue weighted by Gasteiger charge is -2.37. The number of hydrogen-bond donors (Lipinski definition) is 1. The molecule has 1 atom stereocenters. The molecular formula is C19H30N4O4. The molecule has 3 saturated heterocycles. The number of urea groups is 1. The minimum atomic E-state index is -0.679. The molecule has 150 valence electrons. The Morgan fingerprint density at radius 1 is 1.15 bits per heavy atom. The summed E-state index contributed by atoms with van der Waals surface area (Å²) < 4.78 is 5.49. The van der Waals surface area contributed by atoms with Crippen LogP contribution in [-0.2, 0) is 14.3 Å². The summed E-state index contributed by atoms with van der Waals surface area (Å²) in [7, 11) is 0. The lowest BCUT2D eigenvalue weighted by atomic mass is 9.77. The van der Waals surface area contributed by atoms with Gasteiger partial charge in [0.2, 0.25) is 0 Å². The van der Waals surface area contributed by atoms with Crippen LogP contribution >= 0.6 is 0 Å². The van der Waals surface area contributed by atoms with E-state index in [1.807, 2.05) is 4.90 Å². The summed E-state index contributed by atoms with van der Waals surface area (Å²) in [5.74, 6) is 0.624. The second-order valence-corrected chi connectivity index (χ2v) is 8.51. The summed E-state index contributed by atoms with van der Waals surface area (Å²) in [5, 5.41) is 2.97. The van der Waals surface area contributed by atoms with E-state index in [2.05, 4.69) is 17.1 Å². The van der Waals surface area contributed by atoms with E-state index in [4.69, 9.17) is 4.74 Å². The number of ether oxygens (including phenoxy) is 1. The minimum Gasteiger partial charge on any atom is -0.368 e. The van der Waals surface area contributed by atoms with Crippen LogP contribution < -0.4 is 5.32 Å². The molecule has 1 spiro atoms. The van der Waals surface area contributed by atoms with Gasteiger partial charge in [0.15, 0.2) is 0 Å². The van der Waals surface area contributed by atoms with E-state index in [0.29, 0.717) is 45.4 Å². The van der Waals surface area contributed by atoms with Gasteiger partial charge in [-0.15, -0.1) is 0 Å². The first-order valence-electron chi connectivity index (χ1n) is 10.3. The van der Waals surface area contributed by atoms with Crippen LogP contribution in [0.25, 0.3) is 0 Å². The van der Waals surface area contributed by atoms with Gasteiger partial charge in [-0.3, -0.25) is 14.5 Å². The van der Waals surface area contributed by atoms with Gasteiger partial charge in [0.05, 0.1) is 6.67 Å². The van der Waals surface area contributed by atoms with Crippen molar-refractivity contribution in [1.82, 2.24) is 20.0 Å². The molecule has 1 aliphatic carbocycles. The van der Waals surface area contributed by atoms with E-state index in [9.17, 15) is 14.4 Å². The van der Waals surface area contributed by atoms with Crippen LogP contribution in [-0.4, -0.2) is 83.6 Å². The predicted octanol–water partition coefficient (Wildman–Crippen LogP) is 0.768. The largest absolute Gasteiger partial charge is 0.368 e. The zero-order valence-electron chi connectivity index (χ0n) is 16.1. The number of amides is 4. The number of imide groups is 1. The Morgan fingerprint density at radius 3 is 2.48 bits per heavy atom. The van der Waals surface area contributed by atoms with E-state index < -0.39 is 5.54 Å². The van der Waals surface area contributed by atoms with Crippen LogP contribution in [0.3, 0.4) is 0 Å². The van der Waals surface area contributed by atoms with Crippen LogP contribution in [0.1, 0.15) is 45.4 Å². The molecule has 4 fully saturated rings. The van der Waals surface area contributed by atoms with E-state index in [1.54, 1.807) is 0 Å². The molecule has 27 heavy (non-hydrogen) atoms. The van der Waals surface area contributed by atoms with Crippen LogP contribution in [0.4, 0.5) is 4.79 Å². The van der Waals surface area contributed by atoms with Crippen molar-refractivity contribution in [3.05, 3.63) is 0 Å². The Kier molecular flexibility index (Phi) is 5.11. The van der Waals surface area contributed by atoms with Crippen LogP contribution in [0.15, 0.2) is 0 Å². The molecule has 4 aliphatic rings. The quantitative estimate of drug-likeness (QED) is 0.734. The van der Waals surface area contributed by atoms with Crippen LogP contribution in [0, 0.1) is 5.92 Å². The second-order valence-electron chi connectivity index (χ2n) is 8.51. The average Bonchev–Trinajstić information content (AvgIpc) is 3.28.